The second-order valence-electron chi connectivity index (χ2n) is 7.58. The number of rotatable bonds is 4. The van der Waals surface area contributed by atoms with Crippen LogP contribution in [0.2, 0.25) is 0 Å². The summed E-state index contributed by atoms with van der Waals surface area (Å²) in [6, 6.07) is 5.31. The number of pyridine rings is 2. The molecule has 2 aromatic heterocycles. The highest BCUT2D eigenvalue weighted by molar-refractivity contribution is 5.87. The van der Waals surface area contributed by atoms with Crippen LogP contribution in [0.4, 0.5) is 15.9 Å². The molecule has 1 fully saturated rings. The van der Waals surface area contributed by atoms with E-state index in [1.165, 1.54) is 6.07 Å². The van der Waals surface area contributed by atoms with Crippen LogP contribution >= 0.6 is 0 Å². The first-order valence-corrected chi connectivity index (χ1v) is 9.86. The molecule has 2 aromatic rings. The molecule has 0 radical (unpaired) electrons. The maximum absolute atomic E-state index is 14.2. The third kappa shape index (κ3) is 3.79. The lowest BCUT2D eigenvalue weighted by Crippen LogP contribution is -2.32. The van der Waals surface area contributed by atoms with Gasteiger partial charge in [-0.05, 0) is 42.9 Å². The van der Waals surface area contributed by atoms with Gasteiger partial charge in [0.1, 0.15) is 11.5 Å². The van der Waals surface area contributed by atoms with E-state index >= 15 is 0 Å². The van der Waals surface area contributed by atoms with Crippen molar-refractivity contribution in [3.63, 3.8) is 0 Å². The molecule has 0 amide bonds. The number of anilines is 2. The topological polar surface area (TPSA) is 58.6 Å². The van der Waals surface area contributed by atoms with Crippen LogP contribution in [-0.4, -0.2) is 42.2 Å². The van der Waals surface area contributed by atoms with Crippen molar-refractivity contribution in [1.29, 1.82) is 0 Å². The fraction of sp³-hybridized carbons (Fsp3) is 0.476. The molecule has 148 valence electrons. The molecule has 2 aliphatic rings. The predicted octanol–water partition coefficient (Wildman–Crippen LogP) is 3.20. The van der Waals surface area contributed by atoms with Crippen LogP contribution in [0.25, 0.3) is 0 Å². The number of nitrogens with zero attached hydrogens (tertiary/aromatic N) is 4. The van der Waals surface area contributed by atoms with E-state index < -0.39 is 11.9 Å². The monoisotopic (exact) mass is 384 g/mol. The van der Waals surface area contributed by atoms with Crippen molar-refractivity contribution in [1.82, 2.24) is 9.97 Å². The highest BCUT2D eigenvalue weighted by Crippen LogP contribution is 2.29. The zero-order valence-corrected chi connectivity index (χ0v) is 16.3. The zero-order chi connectivity index (χ0) is 19.7. The third-order valence-corrected chi connectivity index (χ3v) is 5.46. The summed E-state index contributed by atoms with van der Waals surface area (Å²) < 4.78 is 19.2. The van der Waals surface area contributed by atoms with E-state index in [9.17, 15) is 9.18 Å². The lowest BCUT2D eigenvalue weighted by atomic mass is 10.0. The fourth-order valence-electron chi connectivity index (χ4n) is 3.94. The average Bonchev–Trinajstić information content (AvgIpc) is 3.13. The molecule has 2 aliphatic heterocycles. The molecule has 0 N–H and O–H groups in total. The first-order valence-electron chi connectivity index (χ1n) is 9.86. The number of carbonyl (C=O) groups is 1. The molecule has 0 aliphatic carbocycles. The summed E-state index contributed by atoms with van der Waals surface area (Å²) in [5.74, 6) is 0.425. The van der Waals surface area contributed by atoms with Gasteiger partial charge in [0.2, 0.25) is 5.95 Å². The first-order chi connectivity index (χ1) is 13.5. The van der Waals surface area contributed by atoms with Gasteiger partial charge in [0.15, 0.2) is 0 Å². The van der Waals surface area contributed by atoms with Crippen molar-refractivity contribution < 1.29 is 13.9 Å². The van der Waals surface area contributed by atoms with Gasteiger partial charge in [-0.1, -0.05) is 6.92 Å². The molecule has 6 nitrogen and oxygen atoms in total. The standard InChI is InChI=1S/C21H25FN4O2/c1-3-28-21(27)18-8-15-5-7-26(13-16(15)11-23-18)20-10-17(9-19(22)24-20)25-6-4-14(2)12-25/h8-11,14H,3-7,12-13H2,1-2H3. The molecule has 1 saturated heterocycles. The number of esters is 1. The van der Waals surface area contributed by atoms with Gasteiger partial charge in [-0.25, -0.2) is 14.8 Å². The predicted molar refractivity (Wildman–Crippen MR) is 105 cm³/mol. The van der Waals surface area contributed by atoms with Crippen molar-refractivity contribution in [2.45, 2.75) is 33.2 Å². The minimum Gasteiger partial charge on any atom is -0.461 e. The van der Waals surface area contributed by atoms with Gasteiger partial charge >= 0.3 is 5.97 Å². The Morgan fingerprint density at radius 1 is 1.25 bits per heavy atom. The Bertz CT molecular complexity index is 889. The molecule has 28 heavy (non-hydrogen) atoms. The van der Waals surface area contributed by atoms with Crippen LogP contribution < -0.4 is 9.80 Å². The maximum Gasteiger partial charge on any atom is 0.356 e. The van der Waals surface area contributed by atoms with Crippen molar-refractivity contribution in [2.75, 3.05) is 36.0 Å². The first kappa shape index (κ1) is 18.7. The largest absolute Gasteiger partial charge is 0.461 e. The fourth-order valence-corrected chi connectivity index (χ4v) is 3.94. The van der Waals surface area contributed by atoms with E-state index in [1.54, 1.807) is 19.2 Å². The number of aromatic nitrogens is 2. The van der Waals surface area contributed by atoms with Gasteiger partial charge in [0, 0.05) is 50.2 Å². The van der Waals surface area contributed by atoms with Gasteiger partial charge in [0.05, 0.1) is 6.61 Å². The number of fused-ring (bicyclic) bond motifs is 1. The number of halogens is 1. The van der Waals surface area contributed by atoms with Crippen molar-refractivity contribution in [3.8, 4) is 0 Å². The van der Waals surface area contributed by atoms with Crippen molar-refractivity contribution in [2.24, 2.45) is 5.92 Å². The molecule has 4 heterocycles. The van der Waals surface area contributed by atoms with Crippen molar-refractivity contribution in [3.05, 3.63) is 47.2 Å². The van der Waals surface area contributed by atoms with Crippen LogP contribution in [0.5, 0.6) is 0 Å². The molecule has 0 spiro atoms. The second-order valence-corrected chi connectivity index (χ2v) is 7.58. The molecule has 0 saturated carbocycles. The van der Waals surface area contributed by atoms with Crippen LogP contribution in [0.1, 0.15) is 41.9 Å². The Labute approximate surface area is 164 Å². The minimum absolute atomic E-state index is 0.328. The van der Waals surface area contributed by atoms with Gasteiger partial charge in [-0.15, -0.1) is 0 Å². The van der Waals surface area contributed by atoms with Crippen LogP contribution in [-0.2, 0) is 17.7 Å². The third-order valence-electron chi connectivity index (χ3n) is 5.46. The minimum atomic E-state index is -0.450. The molecule has 1 unspecified atom stereocenters. The van der Waals surface area contributed by atoms with Gasteiger partial charge in [0.25, 0.3) is 0 Å². The van der Waals surface area contributed by atoms with E-state index in [2.05, 4.69) is 26.7 Å². The molecule has 4 rings (SSSR count). The van der Waals surface area contributed by atoms with Gasteiger partial charge in [-0.3, -0.25) is 0 Å². The average molecular weight is 384 g/mol. The maximum atomic E-state index is 14.2. The van der Waals surface area contributed by atoms with Crippen LogP contribution in [0, 0.1) is 11.9 Å². The lowest BCUT2D eigenvalue weighted by Gasteiger charge is -2.30. The Hall–Kier alpha value is -2.70. The number of carbonyl (C=O) groups excluding carboxylic acids is 1. The lowest BCUT2D eigenvalue weighted by molar-refractivity contribution is 0.0519. The Morgan fingerprint density at radius 2 is 2.11 bits per heavy atom. The number of ether oxygens (including phenoxy) is 1. The Balaban J connectivity index is 1.54. The summed E-state index contributed by atoms with van der Waals surface area (Å²) in [7, 11) is 0. The van der Waals surface area contributed by atoms with E-state index in [0.29, 0.717) is 37.1 Å². The van der Waals surface area contributed by atoms with E-state index in [0.717, 1.165) is 42.7 Å². The Kier molecular flexibility index (Phi) is 5.15. The molecule has 0 aromatic carbocycles. The van der Waals surface area contributed by atoms with Crippen molar-refractivity contribution >= 4 is 17.5 Å². The summed E-state index contributed by atoms with van der Waals surface area (Å²) >= 11 is 0. The van der Waals surface area contributed by atoms with Crippen LogP contribution in [0.15, 0.2) is 24.4 Å². The van der Waals surface area contributed by atoms with E-state index in [4.69, 9.17) is 4.74 Å². The molecular weight excluding hydrogens is 359 g/mol. The number of hydrogen-bond acceptors (Lipinski definition) is 6. The second kappa shape index (κ2) is 7.73. The SMILES string of the molecule is CCOC(=O)c1cc2c(cn1)CN(c1cc(N3CCC(C)C3)cc(F)n1)CC2. The quantitative estimate of drug-likeness (QED) is 0.596. The molecule has 7 heteroatoms. The normalized spacial score (nSPS) is 18.9. The van der Waals surface area contributed by atoms with E-state index in [1.807, 2.05) is 6.07 Å². The van der Waals surface area contributed by atoms with Gasteiger partial charge < -0.3 is 14.5 Å². The molecular formula is C21H25FN4O2. The summed E-state index contributed by atoms with van der Waals surface area (Å²) in [5.41, 5.74) is 3.35. The molecule has 0 bridgehead atoms. The summed E-state index contributed by atoms with van der Waals surface area (Å²) in [5, 5.41) is 0. The molecule has 1 atom stereocenters. The zero-order valence-electron chi connectivity index (χ0n) is 16.3. The van der Waals surface area contributed by atoms with Gasteiger partial charge in [-0.2, -0.15) is 4.39 Å². The van der Waals surface area contributed by atoms with E-state index in [-0.39, 0.29) is 0 Å². The summed E-state index contributed by atoms with van der Waals surface area (Å²) in [6.45, 7) is 7.53. The highest BCUT2D eigenvalue weighted by atomic mass is 19.1. The highest BCUT2D eigenvalue weighted by Gasteiger charge is 2.24. The Morgan fingerprint density at radius 3 is 2.86 bits per heavy atom. The smallest absolute Gasteiger partial charge is 0.356 e. The summed E-state index contributed by atoms with van der Waals surface area (Å²) in [4.78, 5) is 24.6. The van der Waals surface area contributed by atoms with Crippen LogP contribution in [0.3, 0.4) is 0 Å². The summed E-state index contributed by atoms with van der Waals surface area (Å²) in [6.07, 6.45) is 3.60. The number of hydrogen-bond donors (Lipinski definition) is 0.